The molecule has 2 fully saturated rings. The van der Waals surface area contributed by atoms with E-state index in [1.165, 1.54) is 0 Å². The standard InChI is InChI=1S/C14H19NO5/c1-7(8-3-2-6-19-8)15-13(16)11-9-4-5-10(20-9)12(11)14(17)18/h4-5,7-12H,2-3,6H2,1H3,(H,15,16)(H,17,18)/t7-,8-,9-,10-,11+,12-/m0/s1. The average molecular weight is 281 g/mol. The van der Waals surface area contributed by atoms with E-state index >= 15 is 0 Å². The maximum absolute atomic E-state index is 12.4. The molecule has 2 saturated heterocycles. The molecule has 6 nitrogen and oxygen atoms in total. The van der Waals surface area contributed by atoms with Gasteiger partial charge in [-0.05, 0) is 19.8 Å². The molecule has 2 N–H and O–H groups in total. The summed E-state index contributed by atoms with van der Waals surface area (Å²) in [5.74, 6) is -2.67. The molecule has 6 heteroatoms. The molecule has 0 aromatic carbocycles. The monoisotopic (exact) mass is 281 g/mol. The van der Waals surface area contributed by atoms with E-state index in [9.17, 15) is 14.7 Å². The van der Waals surface area contributed by atoms with Crippen molar-refractivity contribution in [3.63, 3.8) is 0 Å². The smallest absolute Gasteiger partial charge is 0.310 e. The van der Waals surface area contributed by atoms with E-state index in [0.29, 0.717) is 0 Å². The molecule has 1 amide bonds. The van der Waals surface area contributed by atoms with Gasteiger partial charge in [-0.15, -0.1) is 0 Å². The van der Waals surface area contributed by atoms with Crippen molar-refractivity contribution in [2.45, 2.75) is 44.1 Å². The summed E-state index contributed by atoms with van der Waals surface area (Å²) in [5, 5.41) is 12.2. The van der Waals surface area contributed by atoms with Crippen LogP contribution in [0.2, 0.25) is 0 Å². The zero-order valence-corrected chi connectivity index (χ0v) is 11.3. The Bertz CT molecular complexity index is 443. The van der Waals surface area contributed by atoms with Gasteiger partial charge >= 0.3 is 5.97 Å². The van der Waals surface area contributed by atoms with Crippen LogP contribution in [-0.4, -0.2) is 47.9 Å². The van der Waals surface area contributed by atoms with Crippen LogP contribution in [0.5, 0.6) is 0 Å². The lowest BCUT2D eigenvalue weighted by atomic mass is 9.82. The van der Waals surface area contributed by atoms with Gasteiger partial charge in [0, 0.05) is 6.61 Å². The fourth-order valence-corrected chi connectivity index (χ4v) is 3.33. The maximum Gasteiger partial charge on any atom is 0.310 e. The van der Waals surface area contributed by atoms with Crippen molar-refractivity contribution in [1.29, 1.82) is 0 Å². The number of amides is 1. The Balaban J connectivity index is 1.67. The van der Waals surface area contributed by atoms with E-state index in [1.807, 2.05) is 6.92 Å². The number of hydrogen-bond donors (Lipinski definition) is 2. The highest BCUT2D eigenvalue weighted by atomic mass is 16.5. The molecule has 3 rings (SSSR count). The molecule has 20 heavy (non-hydrogen) atoms. The van der Waals surface area contributed by atoms with Crippen LogP contribution in [0.25, 0.3) is 0 Å². The zero-order valence-electron chi connectivity index (χ0n) is 11.3. The van der Waals surface area contributed by atoms with Gasteiger partial charge in [0.1, 0.15) is 5.92 Å². The fraction of sp³-hybridized carbons (Fsp3) is 0.714. The predicted octanol–water partition coefficient (Wildman–Crippen LogP) is 0.324. The lowest BCUT2D eigenvalue weighted by Crippen LogP contribution is -2.48. The Kier molecular flexibility index (Phi) is 3.52. The number of hydrogen-bond acceptors (Lipinski definition) is 4. The highest BCUT2D eigenvalue weighted by molar-refractivity contribution is 5.87. The number of carbonyl (C=O) groups is 2. The number of carbonyl (C=O) groups excluding carboxylic acids is 1. The molecule has 6 atom stereocenters. The summed E-state index contributed by atoms with van der Waals surface area (Å²) in [5.41, 5.74) is 0. The number of ether oxygens (including phenoxy) is 2. The summed E-state index contributed by atoms with van der Waals surface area (Å²) in [6, 6.07) is -0.109. The summed E-state index contributed by atoms with van der Waals surface area (Å²) in [6.07, 6.45) is 4.57. The minimum atomic E-state index is -0.980. The number of carboxylic acid groups (broad SMARTS) is 1. The minimum absolute atomic E-state index is 0.0253. The minimum Gasteiger partial charge on any atom is -0.481 e. The van der Waals surface area contributed by atoms with Crippen molar-refractivity contribution < 1.29 is 24.2 Å². The van der Waals surface area contributed by atoms with E-state index in [-0.39, 0.29) is 18.1 Å². The Morgan fingerprint density at radius 3 is 2.60 bits per heavy atom. The van der Waals surface area contributed by atoms with Gasteiger partial charge < -0.3 is 19.9 Å². The Labute approximate surface area is 117 Å². The van der Waals surface area contributed by atoms with Crippen molar-refractivity contribution in [2.75, 3.05) is 6.61 Å². The number of fused-ring (bicyclic) bond motifs is 2. The summed E-state index contributed by atoms with van der Waals surface area (Å²) in [6.45, 7) is 2.62. The molecule has 0 aliphatic carbocycles. The molecular formula is C14H19NO5. The summed E-state index contributed by atoms with van der Waals surface area (Å²) >= 11 is 0. The molecule has 3 aliphatic heterocycles. The largest absolute Gasteiger partial charge is 0.481 e. The fourth-order valence-electron chi connectivity index (χ4n) is 3.33. The quantitative estimate of drug-likeness (QED) is 0.725. The highest BCUT2D eigenvalue weighted by Crippen LogP contribution is 2.39. The molecule has 0 aromatic rings. The first-order chi connectivity index (χ1) is 9.58. The third-order valence-corrected chi connectivity index (χ3v) is 4.38. The number of carboxylic acids is 1. The number of aliphatic carboxylic acids is 1. The second-order valence-corrected chi connectivity index (χ2v) is 5.69. The average Bonchev–Trinajstić information content (AvgIpc) is 3.13. The second-order valence-electron chi connectivity index (χ2n) is 5.69. The van der Waals surface area contributed by atoms with Gasteiger partial charge in [0.15, 0.2) is 0 Å². The van der Waals surface area contributed by atoms with Gasteiger partial charge in [-0.3, -0.25) is 9.59 Å². The van der Waals surface area contributed by atoms with Gasteiger partial charge in [0.25, 0.3) is 0 Å². The van der Waals surface area contributed by atoms with Crippen molar-refractivity contribution in [1.82, 2.24) is 5.32 Å². The van der Waals surface area contributed by atoms with E-state index in [2.05, 4.69) is 5.32 Å². The summed E-state index contributed by atoms with van der Waals surface area (Å²) in [7, 11) is 0. The van der Waals surface area contributed by atoms with E-state index in [0.717, 1.165) is 19.4 Å². The highest BCUT2D eigenvalue weighted by Gasteiger charge is 2.53. The zero-order chi connectivity index (χ0) is 14.3. The Morgan fingerprint density at radius 1 is 1.30 bits per heavy atom. The molecule has 0 aromatic heterocycles. The van der Waals surface area contributed by atoms with Crippen LogP contribution in [0.3, 0.4) is 0 Å². The van der Waals surface area contributed by atoms with Crippen LogP contribution in [0.4, 0.5) is 0 Å². The molecule has 0 radical (unpaired) electrons. The summed E-state index contributed by atoms with van der Waals surface area (Å²) < 4.78 is 11.0. The molecular weight excluding hydrogens is 262 g/mol. The van der Waals surface area contributed by atoms with Crippen LogP contribution in [0.15, 0.2) is 12.2 Å². The van der Waals surface area contributed by atoms with Gasteiger partial charge in [-0.1, -0.05) is 12.2 Å². The van der Waals surface area contributed by atoms with E-state index in [4.69, 9.17) is 9.47 Å². The molecule has 0 spiro atoms. The molecule has 0 saturated carbocycles. The molecule has 2 bridgehead atoms. The first kappa shape index (κ1) is 13.6. The van der Waals surface area contributed by atoms with Crippen molar-refractivity contribution in [3.05, 3.63) is 12.2 Å². The number of nitrogens with one attached hydrogen (secondary N) is 1. The lowest BCUT2D eigenvalue weighted by Gasteiger charge is -2.25. The number of rotatable bonds is 4. The van der Waals surface area contributed by atoms with Crippen LogP contribution in [0.1, 0.15) is 19.8 Å². The lowest BCUT2D eigenvalue weighted by molar-refractivity contribution is -0.147. The van der Waals surface area contributed by atoms with Crippen molar-refractivity contribution in [3.8, 4) is 0 Å². The third kappa shape index (κ3) is 2.23. The maximum atomic E-state index is 12.4. The van der Waals surface area contributed by atoms with E-state index in [1.54, 1.807) is 12.2 Å². The third-order valence-electron chi connectivity index (χ3n) is 4.38. The molecule has 0 unspecified atom stereocenters. The summed E-state index contributed by atoms with van der Waals surface area (Å²) in [4.78, 5) is 23.7. The Hall–Kier alpha value is -1.40. The first-order valence-corrected chi connectivity index (χ1v) is 7.06. The van der Waals surface area contributed by atoms with Crippen LogP contribution in [-0.2, 0) is 19.1 Å². The van der Waals surface area contributed by atoms with Gasteiger partial charge in [-0.2, -0.15) is 0 Å². The molecule has 3 heterocycles. The SMILES string of the molecule is C[C@H](NC(=O)[C@H]1[C@@H](C(=O)O)[C@@H]2C=C[C@@H]1O2)[C@@H]1CCCO1. The first-order valence-electron chi connectivity index (χ1n) is 7.06. The van der Waals surface area contributed by atoms with Crippen LogP contribution in [0, 0.1) is 11.8 Å². The topological polar surface area (TPSA) is 84.9 Å². The van der Waals surface area contributed by atoms with Crippen molar-refractivity contribution in [2.24, 2.45) is 11.8 Å². The predicted molar refractivity (Wildman–Crippen MR) is 69.0 cm³/mol. The van der Waals surface area contributed by atoms with E-state index < -0.39 is 30.0 Å². The van der Waals surface area contributed by atoms with Gasteiger partial charge in [0.05, 0.1) is 30.3 Å². The molecule has 110 valence electrons. The van der Waals surface area contributed by atoms with Gasteiger partial charge in [-0.25, -0.2) is 0 Å². The second kappa shape index (κ2) is 5.18. The van der Waals surface area contributed by atoms with Crippen LogP contribution < -0.4 is 5.32 Å². The Morgan fingerprint density at radius 2 is 2.00 bits per heavy atom. The van der Waals surface area contributed by atoms with Gasteiger partial charge in [0.2, 0.25) is 5.91 Å². The van der Waals surface area contributed by atoms with Crippen LogP contribution >= 0.6 is 0 Å². The normalized spacial score (nSPS) is 40.0. The molecule has 3 aliphatic rings. The van der Waals surface area contributed by atoms with Crippen molar-refractivity contribution >= 4 is 11.9 Å².